The molecule has 0 saturated carbocycles. The molecule has 0 fully saturated rings. The zero-order chi connectivity index (χ0) is 19.8. The maximum Gasteiger partial charge on any atom is -0.0276 e. The molecule has 0 amide bonds. The van der Waals surface area contributed by atoms with Crippen molar-refractivity contribution in [1.82, 2.24) is 0 Å². The summed E-state index contributed by atoms with van der Waals surface area (Å²) in [6, 6.07) is 9.92. The first-order chi connectivity index (χ1) is 13.1. The lowest BCUT2D eigenvalue weighted by atomic mass is 9.89. The monoisotopic (exact) mass is 364 g/mol. The molecule has 27 heavy (non-hydrogen) atoms. The van der Waals surface area contributed by atoms with Crippen LogP contribution in [0.4, 0.5) is 0 Å². The van der Waals surface area contributed by atoms with E-state index < -0.39 is 0 Å². The molecule has 0 aliphatic carbocycles. The van der Waals surface area contributed by atoms with Gasteiger partial charge in [0, 0.05) is 0 Å². The minimum absolute atomic E-state index is 1.15. The van der Waals surface area contributed by atoms with Gasteiger partial charge in [0.2, 0.25) is 0 Å². The van der Waals surface area contributed by atoms with Gasteiger partial charge in [0.25, 0.3) is 0 Å². The van der Waals surface area contributed by atoms with Crippen LogP contribution in [0.5, 0.6) is 0 Å². The Morgan fingerprint density at radius 2 is 0.741 bits per heavy atom. The van der Waals surface area contributed by atoms with Crippen LogP contribution >= 0.6 is 0 Å². The molecule has 0 aliphatic rings. The minimum Gasteiger partial charge on any atom is -0.0613 e. The van der Waals surface area contributed by atoms with E-state index in [9.17, 15) is 0 Å². The molecule has 0 heteroatoms. The van der Waals surface area contributed by atoms with Crippen LogP contribution in [0.1, 0.15) is 92.5 Å². The Morgan fingerprint density at radius 1 is 0.444 bits per heavy atom. The molecule has 0 aliphatic heterocycles. The van der Waals surface area contributed by atoms with E-state index in [1.165, 1.54) is 30.4 Å². The highest BCUT2D eigenvalue weighted by molar-refractivity contribution is 5.41. The Bertz CT molecular complexity index is 622. The van der Waals surface area contributed by atoms with Crippen LogP contribution < -0.4 is 0 Å². The molecule has 2 aromatic carbocycles. The van der Waals surface area contributed by atoms with Gasteiger partial charge in [-0.25, -0.2) is 0 Å². The highest BCUT2D eigenvalue weighted by Crippen LogP contribution is 2.24. The predicted molar refractivity (Wildman–Crippen MR) is 121 cm³/mol. The molecule has 0 N–H and O–H groups in total. The van der Waals surface area contributed by atoms with Gasteiger partial charge in [0.1, 0.15) is 0 Å². The summed E-state index contributed by atoms with van der Waals surface area (Å²) in [6.45, 7) is 13.8. The van der Waals surface area contributed by atoms with Crippen LogP contribution in [-0.2, 0) is 51.4 Å². The SMILES string of the molecule is CCc1cc(CCCc2cc(CC)c(CC)c(CC)c2)cc(CC)c1CC. The molecular formula is C27H40. The zero-order valence-corrected chi connectivity index (χ0v) is 18.7. The second-order valence-electron chi connectivity index (χ2n) is 7.76. The smallest absolute Gasteiger partial charge is 0.0276 e. The maximum atomic E-state index is 2.48. The fourth-order valence-electron chi connectivity index (χ4n) is 4.69. The average molecular weight is 365 g/mol. The van der Waals surface area contributed by atoms with E-state index >= 15 is 0 Å². The van der Waals surface area contributed by atoms with Crippen LogP contribution in [0.15, 0.2) is 24.3 Å². The quantitative estimate of drug-likeness (QED) is 0.417. The molecular weight excluding hydrogens is 324 g/mol. The Labute approximate surface area is 168 Å². The fraction of sp³-hybridized carbons (Fsp3) is 0.556. The van der Waals surface area contributed by atoms with E-state index in [1.807, 2.05) is 0 Å². The summed E-state index contributed by atoms with van der Waals surface area (Å²) < 4.78 is 0. The van der Waals surface area contributed by atoms with Crippen molar-refractivity contribution in [1.29, 1.82) is 0 Å². The van der Waals surface area contributed by atoms with Crippen molar-refractivity contribution < 1.29 is 0 Å². The van der Waals surface area contributed by atoms with Crippen LogP contribution in [-0.4, -0.2) is 0 Å². The summed E-state index contributed by atoms with van der Waals surface area (Å²) in [6.07, 6.45) is 10.6. The molecule has 2 rings (SSSR count). The number of aryl methyl sites for hydroxylation is 6. The van der Waals surface area contributed by atoms with Crippen LogP contribution in [0, 0.1) is 0 Å². The Morgan fingerprint density at radius 3 is 0.963 bits per heavy atom. The molecule has 0 aromatic heterocycles. The first kappa shape index (κ1) is 21.7. The van der Waals surface area contributed by atoms with Crippen molar-refractivity contribution in [2.75, 3.05) is 0 Å². The molecule has 148 valence electrons. The lowest BCUT2D eigenvalue weighted by Crippen LogP contribution is -2.03. The second kappa shape index (κ2) is 10.7. The minimum atomic E-state index is 1.15. The second-order valence-corrected chi connectivity index (χ2v) is 7.76. The summed E-state index contributed by atoms with van der Waals surface area (Å²) in [4.78, 5) is 0. The van der Waals surface area contributed by atoms with Gasteiger partial charge >= 0.3 is 0 Å². The van der Waals surface area contributed by atoms with Gasteiger partial charge in [-0.15, -0.1) is 0 Å². The molecule has 0 radical (unpaired) electrons. The van der Waals surface area contributed by atoms with E-state index in [2.05, 4.69) is 65.8 Å². The van der Waals surface area contributed by atoms with Crippen molar-refractivity contribution in [3.8, 4) is 0 Å². The van der Waals surface area contributed by atoms with Crippen molar-refractivity contribution in [2.24, 2.45) is 0 Å². The van der Waals surface area contributed by atoms with E-state index in [4.69, 9.17) is 0 Å². The largest absolute Gasteiger partial charge is 0.0613 e. The Kier molecular flexibility index (Phi) is 8.61. The molecule has 0 atom stereocenters. The molecule has 0 saturated heterocycles. The van der Waals surface area contributed by atoms with Gasteiger partial charge in [-0.3, -0.25) is 0 Å². The third-order valence-electron chi connectivity index (χ3n) is 6.15. The van der Waals surface area contributed by atoms with Crippen molar-refractivity contribution in [3.63, 3.8) is 0 Å². The van der Waals surface area contributed by atoms with Gasteiger partial charge in [-0.1, -0.05) is 65.8 Å². The van der Waals surface area contributed by atoms with Gasteiger partial charge in [-0.05, 0) is 102 Å². The number of hydrogen-bond acceptors (Lipinski definition) is 0. The van der Waals surface area contributed by atoms with E-state index in [-0.39, 0.29) is 0 Å². The first-order valence-corrected chi connectivity index (χ1v) is 11.4. The zero-order valence-electron chi connectivity index (χ0n) is 18.7. The number of hydrogen-bond donors (Lipinski definition) is 0. The van der Waals surface area contributed by atoms with Crippen LogP contribution in [0.25, 0.3) is 0 Å². The Balaban J connectivity index is 2.14. The summed E-state index contributed by atoms with van der Waals surface area (Å²) >= 11 is 0. The predicted octanol–water partition coefficient (Wildman–Crippen LogP) is 7.24. The average Bonchev–Trinajstić information content (AvgIpc) is 2.71. The van der Waals surface area contributed by atoms with Gasteiger partial charge in [0.15, 0.2) is 0 Å². The standard InChI is InChI=1S/C27H40/c1-7-22-16-20(17-23(8-2)26(22)11-5)14-13-15-21-18-24(9-3)27(12-6)25(10-4)19-21/h16-19H,7-15H2,1-6H3. The fourth-order valence-corrected chi connectivity index (χ4v) is 4.69. The molecule has 2 aromatic rings. The number of rotatable bonds is 10. The normalized spacial score (nSPS) is 11.2. The van der Waals surface area contributed by atoms with E-state index in [1.54, 1.807) is 33.4 Å². The molecule has 0 unspecified atom stereocenters. The molecule has 0 bridgehead atoms. The number of benzene rings is 2. The van der Waals surface area contributed by atoms with Gasteiger partial charge in [0.05, 0.1) is 0 Å². The maximum absolute atomic E-state index is 2.48. The van der Waals surface area contributed by atoms with Crippen molar-refractivity contribution in [2.45, 2.75) is 99.3 Å². The van der Waals surface area contributed by atoms with Crippen molar-refractivity contribution in [3.05, 3.63) is 68.8 Å². The molecule has 0 nitrogen and oxygen atoms in total. The van der Waals surface area contributed by atoms with Gasteiger partial charge < -0.3 is 0 Å². The van der Waals surface area contributed by atoms with Gasteiger partial charge in [-0.2, -0.15) is 0 Å². The first-order valence-electron chi connectivity index (χ1n) is 11.4. The Hall–Kier alpha value is -1.56. The highest BCUT2D eigenvalue weighted by atomic mass is 14.1. The van der Waals surface area contributed by atoms with E-state index in [0.29, 0.717) is 0 Å². The lowest BCUT2D eigenvalue weighted by Gasteiger charge is -2.16. The highest BCUT2D eigenvalue weighted by Gasteiger charge is 2.09. The molecule has 0 heterocycles. The third kappa shape index (κ3) is 5.24. The van der Waals surface area contributed by atoms with E-state index in [0.717, 1.165) is 38.5 Å². The summed E-state index contributed by atoms with van der Waals surface area (Å²) in [5.74, 6) is 0. The topological polar surface area (TPSA) is 0 Å². The van der Waals surface area contributed by atoms with Crippen LogP contribution in [0.3, 0.4) is 0 Å². The summed E-state index contributed by atoms with van der Waals surface area (Å²) in [5.41, 5.74) is 12.6. The van der Waals surface area contributed by atoms with Crippen molar-refractivity contribution >= 4 is 0 Å². The van der Waals surface area contributed by atoms with Crippen LogP contribution in [0.2, 0.25) is 0 Å². The summed E-state index contributed by atoms with van der Waals surface area (Å²) in [5, 5.41) is 0. The third-order valence-corrected chi connectivity index (χ3v) is 6.15. The summed E-state index contributed by atoms with van der Waals surface area (Å²) in [7, 11) is 0. The lowest BCUT2D eigenvalue weighted by molar-refractivity contribution is 0.809. The molecule has 0 spiro atoms.